The molecule has 0 spiro atoms. The molecule has 0 aliphatic rings. The first kappa shape index (κ1) is 19.2. The van der Waals surface area contributed by atoms with E-state index in [2.05, 4.69) is 10.3 Å². The molecule has 0 saturated heterocycles. The standard InChI is InChI=1S/C17H15N3O4S3/c1-8-12(27-16(19-8)11-4-3-6-25-11)17(23)24-9(2)14(22)20-15-10(13(18)21)5-7-26-15/h3-7,9H,1-2H3,(H2,18,21)(H,20,22). The smallest absolute Gasteiger partial charge is 0.351 e. The summed E-state index contributed by atoms with van der Waals surface area (Å²) in [4.78, 5) is 41.8. The predicted octanol–water partition coefficient (Wildman–Crippen LogP) is 3.52. The number of aromatic nitrogens is 1. The molecule has 3 rings (SSSR count). The Morgan fingerprint density at radius 3 is 2.67 bits per heavy atom. The van der Waals surface area contributed by atoms with Crippen LogP contribution in [0.4, 0.5) is 5.00 Å². The molecule has 2 amide bonds. The molecule has 3 heterocycles. The monoisotopic (exact) mass is 421 g/mol. The topological polar surface area (TPSA) is 111 Å². The molecule has 1 unspecified atom stereocenters. The summed E-state index contributed by atoms with van der Waals surface area (Å²) in [5, 5.41) is 7.19. The number of hydrogen-bond acceptors (Lipinski definition) is 8. The molecule has 27 heavy (non-hydrogen) atoms. The van der Waals surface area contributed by atoms with Crippen LogP contribution in [0.5, 0.6) is 0 Å². The van der Waals surface area contributed by atoms with E-state index in [4.69, 9.17) is 10.5 Å². The lowest BCUT2D eigenvalue weighted by atomic mass is 10.3. The van der Waals surface area contributed by atoms with Gasteiger partial charge in [-0.15, -0.1) is 34.0 Å². The second-order valence-electron chi connectivity index (χ2n) is 5.48. The van der Waals surface area contributed by atoms with Crippen LogP contribution >= 0.6 is 34.0 Å². The van der Waals surface area contributed by atoms with Gasteiger partial charge >= 0.3 is 5.97 Å². The Balaban J connectivity index is 1.67. The minimum Gasteiger partial charge on any atom is -0.448 e. The third kappa shape index (κ3) is 4.24. The van der Waals surface area contributed by atoms with Crippen molar-refractivity contribution in [2.75, 3.05) is 5.32 Å². The highest BCUT2D eigenvalue weighted by molar-refractivity contribution is 7.22. The van der Waals surface area contributed by atoms with E-state index in [9.17, 15) is 14.4 Å². The largest absolute Gasteiger partial charge is 0.448 e. The lowest BCUT2D eigenvalue weighted by Crippen LogP contribution is -2.30. The number of nitrogens with zero attached hydrogens (tertiary/aromatic N) is 1. The number of esters is 1. The third-order valence-corrected chi connectivity index (χ3v) is 6.54. The van der Waals surface area contributed by atoms with Gasteiger partial charge in [-0.2, -0.15) is 0 Å². The van der Waals surface area contributed by atoms with E-state index in [1.807, 2.05) is 17.5 Å². The molecule has 0 fully saturated rings. The first-order valence-corrected chi connectivity index (χ1v) is 10.3. The summed E-state index contributed by atoms with van der Waals surface area (Å²) in [7, 11) is 0. The second-order valence-corrected chi connectivity index (χ2v) is 8.34. The molecule has 1 atom stereocenters. The van der Waals surface area contributed by atoms with Crippen molar-refractivity contribution in [3.8, 4) is 9.88 Å². The molecule has 0 aliphatic heterocycles. The summed E-state index contributed by atoms with van der Waals surface area (Å²) in [6.07, 6.45) is -1.05. The molecular formula is C17H15N3O4S3. The van der Waals surface area contributed by atoms with Gasteiger partial charge in [-0.3, -0.25) is 9.59 Å². The van der Waals surface area contributed by atoms with Crippen LogP contribution in [0.15, 0.2) is 29.0 Å². The number of ether oxygens (including phenoxy) is 1. The van der Waals surface area contributed by atoms with Crippen molar-refractivity contribution in [2.24, 2.45) is 5.73 Å². The Bertz CT molecular complexity index is 991. The van der Waals surface area contributed by atoms with Gasteiger partial charge in [-0.25, -0.2) is 9.78 Å². The van der Waals surface area contributed by atoms with Gasteiger partial charge in [0.05, 0.1) is 16.1 Å². The molecule has 3 aromatic heterocycles. The maximum Gasteiger partial charge on any atom is 0.351 e. The molecule has 0 bridgehead atoms. The van der Waals surface area contributed by atoms with Crippen LogP contribution < -0.4 is 11.1 Å². The minimum atomic E-state index is -1.05. The van der Waals surface area contributed by atoms with Gasteiger partial charge in [-0.1, -0.05) is 6.07 Å². The Morgan fingerprint density at radius 1 is 1.22 bits per heavy atom. The molecule has 0 saturated carbocycles. The number of hydrogen-bond donors (Lipinski definition) is 2. The van der Waals surface area contributed by atoms with Crippen molar-refractivity contribution < 1.29 is 19.1 Å². The first-order valence-electron chi connectivity index (χ1n) is 7.77. The van der Waals surface area contributed by atoms with Gasteiger partial charge in [0.15, 0.2) is 6.10 Å². The molecule has 10 heteroatoms. The van der Waals surface area contributed by atoms with Crippen LogP contribution in [0.3, 0.4) is 0 Å². The van der Waals surface area contributed by atoms with Crippen molar-refractivity contribution in [3.63, 3.8) is 0 Å². The lowest BCUT2D eigenvalue weighted by molar-refractivity contribution is -0.123. The molecule has 0 radical (unpaired) electrons. The number of aryl methyl sites for hydroxylation is 1. The molecule has 3 aromatic rings. The van der Waals surface area contributed by atoms with Crippen LogP contribution in [0.2, 0.25) is 0 Å². The first-order chi connectivity index (χ1) is 12.9. The van der Waals surface area contributed by atoms with Crippen LogP contribution in [0, 0.1) is 6.92 Å². The summed E-state index contributed by atoms with van der Waals surface area (Å²) in [5.41, 5.74) is 6.02. The third-order valence-electron chi connectivity index (χ3n) is 3.53. The van der Waals surface area contributed by atoms with E-state index in [0.717, 1.165) is 21.2 Å². The van der Waals surface area contributed by atoms with Gasteiger partial charge < -0.3 is 15.8 Å². The van der Waals surface area contributed by atoms with Gasteiger partial charge in [0.1, 0.15) is 14.9 Å². The van der Waals surface area contributed by atoms with Gasteiger partial charge in [0, 0.05) is 0 Å². The Hall–Kier alpha value is -2.56. The summed E-state index contributed by atoms with van der Waals surface area (Å²) < 4.78 is 5.27. The normalized spacial score (nSPS) is 11.8. The van der Waals surface area contributed by atoms with E-state index in [-0.39, 0.29) is 5.56 Å². The van der Waals surface area contributed by atoms with Crippen molar-refractivity contribution in [1.82, 2.24) is 4.98 Å². The number of amides is 2. The van der Waals surface area contributed by atoms with Gasteiger partial charge in [0.2, 0.25) is 0 Å². The van der Waals surface area contributed by atoms with Crippen molar-refractivity contribution in [3.05, 3.63) is 45.1 Å². The van der Waals surface area contributed by atoms with Crippen LogP contribution in [0.25, 0.3) is 9.88 Å². The summed E-state index contributed by atoms with van der Waals surface area (Å²) in [6, 6.07) is 5.35. The zero-order valence-electron chi connectivity index (χ0n) is 14.3. The molecule has 140 valence electrons. The number of carbonyl (C=O) groups is 3. The average molecular weight is 422 g/mol. The number of nitrogens with two attached hydrogens (primary N) is 1. The molecular weight excluding hydrogens is 406 g/mol. The summed E-state index contributed by atoms with van der Waals surface area (Å²) in [5.74, 6) is -1.80. The predicted molar refractivity (Wildman–Crippen MR) is 107 cm³/mol. The average Bonchev–Trinajstić information content (AvgIpc) is 3.34. The summed E-state index contributed by atoms with van der Waals surface area (Å²) in [6.45, 7) is 3.18. The number of carbonyl (C=O) groups excluding carboxylic acids is 3. The van der Waals surface area contributed by atoms with Crippen molar-refractivity contribution in [1.29, 1.82) is 0 Å². The minimum absolute atomic E-state index is 0.214. The molecule has 3 N–H and O–H groups in total. The Labute approximate surface area is 166 Å². The second kappa shape index (κ2) is 7.99. The van der Waals surface area contributed by atoms with Gasteiger partial charge in [-0.05, 0) is 36.7 Å². The van der Waals surface area contributed by atoms with Gasteiger partial charge in [0.25, 0.3) is 11.8 Å². The molecule has 0 aromatic carbocycles. The fraction of sp³-hybridized carbons (Fsp3) is 0.176. The van der Waals surface area contributed by atoms with E-state index in [0.29, 0.717) is 15.6 Å². The van der Waals surface area contributed by atoms with E-state index in [1.54, 1.807) is 12.3 Å². The summed E-state index contributed by atoms with van der Waals surface area (Å²) >= 11 is 3.92. The number of nitrogens with one attached hydrogen (secondary N) is 1. The lowest BCUT2D eigenvalue weighted by Gasteiger charge is -2.12. The maximum atomic E-state index is 12.4. The van der Waals surface area contributed by atoms with Crippen molar-refractivity contribution >= 4 is 56.8 Å². The van der Waals surface area contributed by atoms with E-state index >= 15 is 0 Å². The van der Waals surface area contributed by atoms with E-state index < -0.39 is 23.9 Å². The SMILES string of the molecule is Cc1nc(-c2cccs2)sc1C(=O)OC(C)C(=O)Nc1sccc1C(N)=O. The molecule has 7 nitrogen and oxygen atoms in total. The maximum absolute atomic E-state index is 12.4. The number of thiazole rings is 1. The Kier molecular flexibility index (Phi) is 5.68. The van der Waals surface area contributed by atoms with Crippen LogP contribution in [-0.2, 0) is 9.53 Å². The van der Waals surface area contributed by atoms with Crippen LogP contribution in [0.1, 0.15) is 32.6 Å². The highest BCUT2D eigenvalue weighted by atomic mass is 32.1. The number of thiophene rings is 2. The number of rotatable bonds is 6. The van der Waals surface area contributed by atoms with Crippen LogP contribution in [-0.4, -0.2) is 28.9 Å². The highest BCUT2D eigenvalue weighted by Crippen LogP contribution is 2.31. The zero-order chi connectivity index (χ0) is 19.6. The fourth-order valence-electron chi connectivity index (χ4n) is 2.17. The fourth-order valence-corrected chi connectivity index (χ4v) is 4.71. The zero-order valence-corrected chi connectivity index (χ0v) is 16.8. The quantitative estimate of drug-likeness (QED) is 0.592. The van der Waals surface area contributed by atoms with E-state index in [1.165, 1.54) is 35.7 Å². The molecule has 0 aliphatic carbocycles. The number of anilines is 1. The number of primary amides is 1. The Morgan fingerprint density at radius 2 is 2.00 bits per heavy atom. The van der Waals surface area contributed by atoms with Crippen molar-refractivity contribution in [2.45, 2.75) is 20.0 Å². The highest BCUT2D eigenvalue weighted by Gasteiger charge is 2.24.